The summed E-state index contributed by atoms with van der Waals surface area (Å²) in [6.07, 6.45) is 0. The molecule has 0 unspecified atom stereocenters. The first-order valence-corrected chi connectivity index (χ1v) is 11.8. The van der Waals surface area contributed by atoms with Gasteiger partial charge in [0.1, 0.15) is 5.75 Å². The van der Waals surface area contributed by atoms with Gasteiger partial charge in [-0.25, -0.2) is 0 Å². The maximum atomic E-state index is 12.4. The van der Waals surface area contributed by atoms with Crippen LogP contribution in [0.2, 0.25) is 5.02 Å². The molecule has 0 aliphatic heterocycles. The number of hydrogen-bond acceptors (Lipinski definition) is 6. The summed E-state index contributed by atoms with van der Waals surface area (Å²) >= 11 is 10.6. The van der Waals surface area contributed by atoms with Gasteiger partial charge in [-0.15, -0.1) is 10.2 Å². The molecule has 0 aliphatic rings. The minimum atomic E-state index is -0.230. The molecule has 3 rings (SSSR count). The molecule has 0 bridgehead atoms. The van der Waals surface area contributed by atoms with Gasteiger partial charge in [0.25, 0.3) is 5.91 Å². The second-order valence-corrected chi connectivity index (χ2v) is 8.81. The Kier molecular flexibility index (Phi) is 8.54. The number of carbonyl (C=O) groups excluding carboxylic acids is 2. The lowest BCUT2D eigenvalue weighted by Crippen LogP contribution is -2.24. The Morgan fingerprint density at radius 3 is 2.62 bits per heavy atom. The highest BCUT2D eigenvalue weighted by Gasteiger charge is 2.15. The minimum absolute atomic E-state index is 0.124. The van der Waals surface area contributed by atoms with Crippen molar-refractivity contribution in [3.63, 3.8) is 0 Å². The first kappa shape index (κ1) is 24.1. The highest BCUT2D eigenvalue weighted by Crippen LogP contribution is 2.28. The first-order chi connectivity index (χ1) is 15.4. The van der Waals surface area contributed by atoms with E-state index in [0.717, 1.165) is 4.47 Å². The van der Waals surface area contributed by atoms with Crippen molar-refractivity contribution in [2.75, 3.05) is 18.2 Å². The van der Waals surface area contributed by atoms with E-state index in [4.69, 9.17) is 16.3 Å². The smallest absolute Gasteiger partial charge is 0.251 e. The van der Waals surface area contributed by atoms with Crippen LogP contribution in [0.3, 0.4) is 0 Å². The highest BCUT2D eigenvalue weighted by molar-refractivity contribution is 9.10. The van der Waals surface area contributed by atoms with Crippen molar-refractivity contribution in [3.05, 3.63) is 63.3 Å². The van der Waals surface area contributed by atoms with E-state index in [2.05, 4.69) is 36.8 Å². The van der Waals surface area contributed by atoms with Crippen LogP contribution in [0.1, 0.15) is 23.1 Å². The fourth-order valence-corrected chi connectivity index (χ4v) is 4.09. The summed E-state index contributed by atoms with van der Waals surface area (Å²) in [5.41, 5.74) is 1.05. The topological polar surface area (TPSA) is 98.1 Å². The van der Waals surface area contributed by atoms with E-state index in [-0.39, 0.29) is 24.1 Å². The predicted molar refractivity (Wildman–Crippen MR) is 128 cm³/mol. The largest absolute Gasteiger partial charge is 0.495 e. The quantitative estimate of drug-likeness (QED) is 0.392. The molecule has 11 heteroatoms. The average molecular weight is 539 g/mol. The van der Waals surface area contributed by atoms with Gasteiger partial charge in [-0.2, -0.15) is 0 Å². The molecule has 8 nitrogen and oxygen atoms in total. The summed E-state index contributed by atoms with van der Waals surface area (Å²) in [5, 5.41) is 15.1. The number of thioether (sulfide) groups is 1. The molecule has 32 heavy (non-hydrogen) atoms. The van der Waals surface area contributed by atoms with E-state index in [1.807, 2.05) is 23.6 Å². The van der Waals surface area contributed by atoms with E-state index in [0.29, 0.717) is 39.5 Å². The Labute approximate surface area is 203 Å². The molecule has 1 heterocycles. The Morgan fingerprint density at radius 1 is 1.19 bits per heavy atom. The Morgan fingerprint density at radius 2 is 1.94 bits per heavy atom. The zero-order valence-corrected chi connectivity index (χ0v) is 20.6. The normalized spacial score (nSPS) is 10.6. The third-order valence-electron chi connectivity index (χ3n) is 4.39. The number of hydrogen-bond donors (Lipinski definition) is 2. The van der Waals surface area contributed by atoms with Crippen molar-refractivity contribution < 1.29 is 14.3 Å². The SMILES string of the molecule is CCn1c(CNC(=O)c2ccc(Br)cc2)nnc1SCC(=O)Nc1cc(Cl)ccc1OC. The second kappa shape index (κ2) is 11.3. The first-order valence-electron chi connectivity index (χ1n) is 9.63. The van der Waals surface area contributed by atoms with Crippen LogP contribution in [0.25, 0.3) is 0 Å². The van der Waals surface area contributed by atoms with Gasteiger partial charge in [-0.1, -0.05) is 39.3 Å². The molecule has 1 aromatic heterocycles. The lowest BCUT2D eigenvalue weighted by molar-refractivity contribution is -0.113. The second-order valence-electron chi connectivity index (χ2n) is 6.51. The molecule has 3 aromatic rings. The Balaban J connectivity index is 1.58. The predicted octanol–water partition coefficient (Wildman–Crippen LogP) is 4.38. The zero-order chi connectivity index (χ0) is 23.1. The fraction of sp³-hybridized carbons (Fsp3) is 0.238. The van der Waals surface area contributed by atoms with Crippen molar-refractivity contribution in [2.45, 2.75) is 25.2 Å². The third-order valence-corrected chi connectivity index (χ3v) is 6.12. The summed E-state index contributed by atoms with van der Waals surface area (Å²) < 4.78 is 8.01. The van der Waals surface area contributed by atoms with Gasteiger partial charge in [-0.05, 0) is 49.4 Å². The van der Waals surface area contributed by atoms with Crippen molar-refractivity contribution in [3.8, 4) is 5.75 Å². The molecular weight excluding hydrogens is 518 g/mol. The van der Waals surface area contributed by atoms with Crippen LogP contribution < -0.4 is 15.4 Å². The molecule has 2 N–H and O–H groups in total. The molecule has 0 saturated heterocycles. The van der Waals surface area contributed by atoms with E-state index < -0.39 is 0 Å². The summed E-state index contributed by atoms with van der Waals surface area (Å²) in [7, 11) is 1.52. The molecule has 0 radical (unpaired) electrons. The molecule has 0 aliphatic carbocycles. The number of amides is 2. The summed E-state index contributed by atoms with van der Waals surface area (Å²) in [5.74, 6) is 0.822. The lowest BCUT2D eigenvalue weighted by Gasteiger charge is -2.11. The standard InChI is InChI=1S/C21H21BrClN5O3S/c1-3-28-18(11-24-20(30)13-4-6-14(22)7-5-13)26-27-21(28)32-12-19(29)25-16-10-15(23)8-9-17(16)31-2/h4-10H,3,11-12H2,1-2H3,(H,24,30)(H,25,29). The van der Waals surface area contributed by atoms with Crippen molar-refractivity contribution >= 4 is 56.8 Å². The van der Waals surface area contributed by atoms with Crippen LogP contribution >= 0.6 is 39.3 Å². The fourth-order valence-electron chi connectivity index (χ4n) is 2.83. The van der Waals surface area contributed by atoms with Gasteiger partial charge in [0.2, 0.25) is 5.91 Å². The molecule has 0 spiro atoms. The molecule has 2 aromatic carbocycles. The number of anilines is 1. The number of nitrogens with one attached hydrogen (secondary N) is 2. The lowest BCUT2D eigenvalue weighted by atomic mass is 10.2. The van der Waals surface area contributed by atoms with Crippen molar-refractivity contribution in [2.24, 2.45) is 0 Å². The number of carbonyl (C=O) groups is 2. The number of benzene rings is 2. The number of aromatic nitrogens is 3. The molecule has 168 valence electrons. The number of halogens is 2. The monoisotopic (exact) mass is 537 g/mol. The number of nitrogens with zero attached hydrogens (tertiary/aromatic N) is 3. The van der Waals surface area contributed by atoms with Gasteiger partial charge in [0.05, 0.1) is 25.1 Å². The number of rotatable bonds is 9. The van der Waals surface area contributed by atoms with Gasteiger partial charge in [0, 0.05) is 21.6 Å². The maximum Gasteiger partial charge on any atom is 0.251 e. The van der Waals surface area contributed by atoms with Crippen LogP contribution in [-0.4, -0.2) is 39.4 Å². The van der Waals surface area contributed by atoms with Crippen molar-refractivity contribution in [1.82, 2.24) is 20.1 Å². The van der Waals surface area contributed by atoms with E-state index in [1.54, 1.807) is 30.3 Å². The number of ether oxygens (including phenoxy) is 1. The van der Waals surface area contributed by atoms with E-state index in [1.165, 1.54) is 18.9 Å². The molecule has 2 amide bonds. The molecule has 0 atom stereocenters. The minimum Gasteiger partial charge on any atom is -0.495 e. The van der Waals surface area contributed by atoms with Gasteiger partial charge >= 0.3 is 0 Å². The van der Waals surface area contributed by atoms with Crippen LogP contribution in [0.15, 0.2) is 52.1 Å². The summed E-state index contributed by atoms with van der Waals surface area (Å²) in [4.78, 5) is 24.8. The number of methoxy groups -OCH3 is 1. The van der Waals surface area contributed by atoms with Crippen LogP contribution in [0, 0.1) is 0 Å². The van der Waals surface area contributed by atoms with Crippen LogP contribution in [0.5, 0.6) is 5.75 Å². The maximum absolute atomic E-state index is 12.4. The van der Waals surface area contributed by atoms with Gasteiger partial charge < -0.3 is 19.9 Å². The van der Waals surface area contributed by atoms with Gasteiger partial charge in [-0.3, -0.25) is 9.59 Å². The zero-order valence-electron chi connectivity index (χ0n) is 17.4. The third kappa shape index (κ3) is 6.24. The average Bonchev–Trinajstić information content (AvgIpc) is 3.18. The van der Waals surface area contributed by atoms with Gasteiger partial charge in [0.15, 0.2) is 11.0 Å². The van der Waals surface area contributed by atoms with E-state index in [9.17, 15) is 9.59 Å². The molecular formula is C21H21BrClN5O3S. The Bertz CT molecular complexity index is 1110. The van der Waals surface area contributed by atoms with Crippen molar-refractivity contribution in [1.29, 1.82) is 0 Å². The summed E-state index contributed by atoms with van der Waals surface area (Å²) in [6.45, 7) is 2.77. The summed E-state index contributed by atoms with van der Waals surface area (Å²) in [6, 6.07) is 12.1. The van der Waals surface area contributed by atoms with Crippen LogP contribution in [-0.2, 0) is 17.9 Å². The van der Waals surface area contributed by atoms with E-state index >= 15 is 0 Å². The molecule has 0 saturated carbocycles. The Hall–Kier alpha value is -2.56. The highest BCUT2D eigenvalue weighted by atomic mass is 79.9. The molecule has 0 fully saturated rings. The van der Waals surface area contributed by atoms with Crippen LogP contribution in [0.4, 0.5) is 5.69 Å².